The van der Waals surface area contributed by atoms with Crippen molar-refractivity contribution in [2.75, 3.05) is 12.5 Å². The minimum atomic E-state index is 0.696. The van der Waals surface area contributed by atoms with Gasteiger partial charge >= 0.3 is 0 Å². The molecule has 2 rings (SSSR count). The van der Waals surface area contributed by atoms with Gasteiger partial charge in [0.15, 0.2) is 0 Å². The standard InChI is InChI=1S/C15H20N4/c1-12-6-8-13(9-7-12)10-19(2)11-14-4-3-5-15(17-14)18-16/h3-9H,10-11,16H2,1-2H3,(H,17,18). The summed E-state index contributed by atoms with van der Waals surface area (Å²) in [7, 11) is 2.09. The highest BCUT2D eigenvalue weighted by Crippen LogP contribution is 2.09. The zero-order valence-electron chi connectivity index (χ0n) is 11.4. The molecule has 0 amide bonds. The summed E-state index contributed by atoms with van der Waals surface area (Å²) in [6.45, 7) is 3.80. The van der Waals surface area contributed by atoms with E-state index in [1.165, 1.54) is 11.1 Å². The lowest BCUT2D eigenvalue weighted by atomic mass is 10.1. The third kappa shape index (κ3) is 4.05. The Hall–Kier alpha value is -1.91. The Morgan fingerprint density at radius 2 is 1.84 bits per heavy atom. The Labute approximate surface area is 114 Å². The number of aryl methyl sites for hydroxylation is 1. The van der Waals surface area contributed by atoms with Crippen molar-refractivity contribution in [3.8, 4) is 0 Å². The third-order valence-electron chi connectivity index (χ3n) is 2.96. The second-order valence-electron chi connectivity index (χ2n) is 4.82. The van der Waals surface area contributed by atoms with E-state index < -0.39 is 0 Å². The molecule has 0 atom stereocenters. The van der Waals surface area contributed by atoms with E-state index in [1.807, 2.05) is 18.2 Å². The van der Waals surface area contributed by atoms with Gasteiger partial charge in [0.1, 0.15) is 5.82 Å². The van der Waals surface area contributed by atoms with Crippen LogP contribution in [0.3, 0.4) is 0 Å². The summed E-state index contributed by atoms with van der Waals surface area (Å²) in [5.41, 5.74) is 6.17. The molecule has 0 aliphatic carbocycles. The van der Waals surface area contributed by atoms with Gasteiger partial charge in [-0.05, 0) is 31.7 Å². The van der Waals surface area contributed by atoms with Crippen LogP contribution in [0.25, 0.3) is 0 Å². The van der Waals surface area contributed by atoms with Gasteiger partial charge in [-0.2, -0.15) is 0 Å². The second-order valence-corrected chi connectivity index (χ2v) is 4.82. The molecule has 0 spiro atoms. The van der Waals surface area contributed by atoms with Crippen molar-refractivity contribution in [3.05, 3.63) is 59.3 Å². The summed E-state index contributed by atoms with van der Waals surface area (Å²) in [4.78, 5) is 6.64. The lowest BCUT2D eigenvalue weighted by Gasteiger charge is -2.16. The number of nitrogens with zero attached hydrogens (tertiary/aromatic N) is 2. The number of anilines is 1. The van der Waals surface area contributed by atoms with Crippen LogP contribution in [0.15, 0.2) is 42.5 Å². The first kappa shape index (κ1) is 13.5. The first-order valence-electron chi connectivity index (χ1n) is 6.34. The molecule has 4 nitrogen and oxygen atoms in total. The largest absolute Gasteiger partial charge is 0.308 e. The molecule has 1 aromatic carbocycles. The van der Waals surface area contributed by atoms with Crippen LogP contribution >= 0.6 is 0 Å². The van der Waals surface area contributed by atoms with E-state index in [1.54, 1.807) is 0 Å². The normalized spacial score (nSPS) is 10.7. The molecule has 100 valence electrons. The van der Waals surface area contributed by atoms with Gasteiger partial charge in [-0.15, -0.1) is 0 Å². The molecule has 0 saturated heterocycles. The lowest BCUT2D eigenvalue weighted by Crippen LogP contribution is -2.18. The van der Waals surface area contributed by atoms with E-state index in [0.29, 0.717) is 5.82 Å². The topological polar surface area (TPSA) is 54.2 Å². The fraction of sp³-hybridized carbons (Fsp3) is 0.267. The SMILES string of the molecule is Cc1ccc(CN(C)Cc2cccc(NN)n2)cc1. The van der Waals surface area contributed by atoms with Crippen molar-refractivity contribution in [1.29, 1.82) is 0 Å². The average molecular weight is 256 g/mol. The third-order valence-corrected chi connectivity index (χ3v) is 2.96. The predicted octanol–water partition coefficient (Wildman–Crippen LogP) is 2.31. The number of hydrogen-bond donors (Lipinski definition) is 2. The Morgan fingerprint density at radius 1 is 1.11 bits per heavy atom. The number of nitrogen functional groups attached to an aromatic ring is 1. The average Bonchev–Trinajstić information content (AvgIpc) is 2.41. The Balaban J connectivity index is 1.96. The quantitative estimate of drug-likeness (QED) is 0.636. The van der Waals surface area contributed by atoms with Crippen LogP contribution in [0.1, 0.15) is 16.8 Å². The molecule has 3 N–H and O–H groups in total. The number of rotatable bonds is 5. The first-order chi connectivity index (χ1) is 9.17. The molecule has 0 fully saturated rings. The molecule has 19 heavy (non-hydrogen) atoms. The summed E-state index contributed by atoms with van der Waals surface area (Å²) in [6.07, 6.45) is 0. The van der Waals surface area contributed by atoms with Crippen LogP contribution in [0.2, 0.25) is 0 Å². The molecular weight excluding hydrogens is 236 g/mol. The molecule has 1 aromatic heterocycles. The number of aromatic nitrogens is 1. The van der Waals surface area contributed by atoms with Crippen LogP contribution in [-0.4, -0.2) is 16.9 Å². The van der Waals surface area contributed by atoms with E-state index in [0.717, 1.165) is 18.8 Å². The zero-order valence-corrected chi connectivity index (χ0v) is 11.4. The summed E-state index contributed by atoms with van der Waals surface area (Å²) in [6, 6.07) is 14.4. The van der Waals surface area contributed by atoms with Crippen molar-refractivity contribution < 1.29 is 0 Å². The van der Waals surface area contributed by atoms with Crippen molar-refractivity contribution in [3.63, 3.8) is 0 Å². The van der Waals surface area contributed by atoms with Crippen LogP contribution in [-0.2, 0) is 13.1 Å². The van der Waals surface area contributed by atoms with E-state index in [9.17, 15) is 0 Å². The molecule has 0 aliphatic rings. The van der Waals surface area contributed by atoms with Crippen molar-refractivity contribution in [2.45, 2.75) is 20.0 Å². The highest BCUT2D eigenvalue weighted by molar-refractivity contribution is 5.33. The number of benzene rings is 1. The van der Waals surface area contributed by atoms with Gasteiger partial charge in [-0.1, -0.05) is 35.9 Å². The number of hydrazine groups is 1. The number of hydrogen-bond acceptors (Lipinski definition) is 4. The van der Waals surface area contributed by atoms with Crippen LogP contribution < -0.4 is 11.3 Å². The summed E-state index contributed by atoms with van der Waals surface area (Å²) < 4.78 is 0. The lowest BCUT2D eigenvalue weighted by molar-refractivity contribution is 0.315. The number of nitrogens with one attached hydrogen (secondary N) is 1. The molecular formula is C15H20N4. The van der Waals surface area contributed by atoms with Gasteiger partial charge in [0.05, 0.1) is 5.69 Å². The fourth-order valence-electron chi connectivity index (χ4n) is 1.99. The van der Waals surface area contributed by atoms with Crippen LogP contribution in [0.4, 0.5) is 5.82 Å². The van der Waals surface area contributed by atoms with Crippen LogP contribution in [0, 0.1) is 6.92 Å². The first-order valence-corrected chi connectivity index (χ1v) is 6.34. The van der Waals surface area contributed by atoms with E-state index in [4.69, 9.17) is 5.84 Å². The molecule has 2 aromatic rings. The molecule has 0 unspecified atom stereocenters. The molecule has 0 bridgehead atoms. The Kier molecular flexibility index (Phi) is 4.49. The van der Waals surface area contributed by atoms with Gasteiger partial charge in [0.2, 0.25) is 0 Å². The minimum Gasteiger partial charge on any atom is -0.308 e. The number of nitrogens with two attached hydrogens (primary N) is 1. The molecule has 0 radical (unpaired) electrons. The van der Waals surface area contributed by atoms with Gasteiger partial charge in [-0.25, -0.2) is 10.8 Å². The van der Waals surface area contributed by atoms with E-state index >= 15 is 0 Å². The number of pyridine rings is 1. The molecule has 4 heteroatoms. The van der Waals surface area contributed by atoms with Gasteiger partial charge in [0, 0.05) is 13.1 Å². The van der Waals surface area contributed by atoms with Gasteiger partial charge in [-0.3, -0.25) is 4.90 Å². The summed E-state index contributed by atoms with van der Waals surface area (Å²) in [5, 5.41) is 0. The maximum atomic E-state index is 5.36. The van der Waals surface area contributed by atoms with E-state index in [2.05, 4.69) is 53.5 Å². The van der Waals surface area contributed by atoms with Crippen molar-refractivity contribution in [1.82, 2.24) is 9.88 Å². The minimum absolute atomic E-state index is 0.696. The molecule has 0 aliphatic heterocycles. The maximum Gasteiger partial charge on any atom is 0.140 e. The highest BCUT2D eigenvalue weighted by Gasteiger charge is 2.03. The maximum absolute atomic E-state index is 5.36. The smallest absolute Gasteiger partial charge is 0.140 e. The van der Waals surface area contributed by atoms with E-state index in [-0.39, 0.29) is 0 Å². The Bertz CT molecular complexity index is 522. The van der Waals surface area contributed by atoms with Gasteiger partial charge < -0.3 is 5.43 Å². The summed E-state index contributed by atoms with van der Waals surface area (Å²) >= 11 is 0. The van der Waals surface area contributed by atoms with Crippen molar-refractivity contribution >= 4 is 5.82 Å². The summed E-state index contributed by atoms with van der Waals surface area (Å²) in [5.74, 6) is 6.06. The highest BCUT2D eigenvalue weighted by atomic mass is 15.2. The van der Waals surface area contributed by atoms with Crippen molar-refractivity contribution in [2.24, 2.45) is 5.84 Å². The zero-order chi connectivity index (χ0) is 13.7. The monoisotopic (exact) mass is 256 g/mol. The van der Waals surface area contributed by atoms with Gasteiger partial charge in [0.25, 0.3) is 0 Å². The fourth-order valence-corrected chi connectivity index (χ4v) is 1.99. The predicted molar refractivity (Wildman–Crippen MR) is 78.4 cm³/mol. The second kappa shape index (κ2) is 6.31. The molecule has 0 saturated carbocycles. The molecule has 1 heterocycles. The van der Waals surface area contributed by atoms with Crippen LogP contribution in [0.5, 0.6) is 0 Å². The Morgan fingerprint density at radius 3 is 2.53 bits per heavy atom.